The number of carboxylic acids is 1. The van der Waals surface area contributed by atoms with Crippen molar-refractivity contribution in [2.24, 2.45) is 15.9 Å². The summed E-state index contributed by atoms with van der Waals surface area (Å²) in [5.41, 5.74) is 3.18. The van der Waals surface area contributed by atoms with Gasteiger partial charge in [-0.15, -0.1) is 0 Å². The van der Waals surface area contributed by atoms with Gasteiger partial charge in [-0.3, -0.25) is 19.6 Å². The van der Waals surface area contributed by atoms with E-state index in [1.165, 1.54) is 0 Å². The van der Waals surface area contributed by atoms with Gasteiger partial charge in [0.15, 0.2) is 0 Å². The molecule has 2 unspecified atom stereocenters. The maximum atomic E-state index is 13.8. The predicted octanol–water partition coefficient (Wildman–Crippen LogP) is 7.55. The average molecular weight is 611 g/mol. The van der Waals surface area contributed by atoms with Crippen LogP contribution in [-0.4, -0.2) is 78.0 Å². The molecule has 0 aromatic rings. The first-order chi connectivity index (χ1) is 20.4. The Kier molecular flexibility index (Phi) is 18.1. The molecule has 0 aromatic carbocycles. The first-order valence-corrected chi connectivity index (χ1v) is 15.5. The Balaban J connectivity index is 3.35. The summed E-state index contributed by atoms with van der Waals surface area (Å²) in [5.74, 6) is -0.485. The van der Waals surface area contributed by atoms with Gasteiger partial charge in [-0.25, -0.2) is 0 Å². The molecule has 1 N–H and O–H groups in total. The van der Waals surface area contributed by atoms with Crippen molar-refractivity contribution in [3.8, 4) is 0 Å². The Morgan fingerprint density at radius 1 is 1.21 bits per heavy atom. The molecule has 0 fully saturated rings. The summed E-state index contributed by atoms with van der Waals surface area (Å²) in [6.07, 6.45) is 18.4. The topological polar surface area (TPSA) is 85.6 Å². The lowest BCUT2D eigenvalue weighted by Gasteiger charge is -2.32. The third-order valence-electron chi connectivity index (χ3n) is 7.02. The minimum Gasteiger partial charge on any atom is -0.481 e. The van der Waals surface area contributed by atoms with Crippen LogP contribution in [0.1, 0.15) is 66.2 Å². The Bertz CT molecular complexity index is 1190. The maximum absolute atomic E-state index is 13.8. The molecule has 2 atom stereocenters. The van der Waals surface area contributed by atoms with Gasteiger partial charge in [0.05, 0.1) is 23.7 Å². The molecule has 0 radical (unpaired) electrons. The summed E-state index contributed by atoms with van der Waals surface area (Å²) in [6.45, 7) is 18.2. The van der Waals surface area contributed by atoms with Crippen LogP contribution in [-0.2, 0) is 9.59 Å². The first kappa shape index (κ1) is 37.7. The number of halogens is 1. The van der Waals surface area contributed by atoms with Crippen LogP contribution < -0.4 is 0 Å². The fourth-order valence-electron chi connectivity index (χ4n) is 4.91. The Morgan fingerprint density at radius 2 is 1.93 bits per heavy atom. The van der Waals surface area contributed by atoms with Crippen LogP contribution in [0.3, 0.4) is 0 Å². The lowest BCUT2D eigenvalue weighted by molar-refractivity contribution is -0.137. The number of hydrogen-bond donors (Lipinski definition) is 1. The lowest BCUT2D eigenvalue weighted by atomic mass is 10.0. The van der Waals surface area contributed by atoms with Crippen molar-refractivity contribution in [2.75, 3.05) is 33.7 Å². The molecule has 0 aliphatic carbocycles. The van der Waals surface area contributed by atoms with Crippen LogP contribution in [0.2, 0.25) is 0 Å². The van der Waals surface area contributed by atoms with Crippen LogP contribution in [0, 0.1) is 5.92 Å². The highest BCUT2D eigenvalue weighted by Gasteiger charge is 2.23. The fourth-order valence-corrected chi connectivity index (χ4v) is 4.97. The van der Waals surface area contributed by atoms with Gasteiger partial charge < -0.3 is 14.9 Å². The molecule has 1 heterocycles. The number of allylic oxidation sites excluding steroid dienone is 7. The van der Waals surface area contributed by atoms with Gasteiger partial charge >= 0.3 is 5.97 Å². The van der Waals surface area contributed by atoms with Gasteiger partial charge in [0.1, 0.15) is 0 Å². The Hall–Kier alpha value is -3.29. The van der Waals surface area contributed by atoms with Gasteiger partial charge in [0.25, 0.3) is 5.91 Å². The molecule has 236 valence electrons. The van der Waals surface area contributed by atoms with Crippen molar-refractivity contribution in [2.45, 2.75) is 72.3 Å². The third-order valence-corrected chi connectivity index (χ3v) is 7.30. The molecule has 1 aliphatic heterocycles. The van der Waals surface area contributed by atoms with E-state index in [9.17, 15) is 9.59 Å². The second-order valence-corrected chi connectivity index (χ2v) is 11.5. The highest BCUT2D eigenvalue weighted by Crippen LogP contribution is 2.18. The molecule has 1 rings (SSSR count). The molecule has 8 heteroatoms. The van der Waals surface area contributed by atoms with Crippen LogP contribution in [0.15, 0.2) is 93.6 Å². The molecule has 43 heavy (non-hydrogen) atoms. The highest BCUT2D eigenvalue weighted by molar-refractivity contribution is 6.48. The molecule has 0 spiro atoms. The standard InChI is InChI=1S/C35H51ClN4O3/c1-9-15-26(4)24-39(7)25-31(16-10-2)40(8)35(43)29-17-14-22-37-34(27(5)20-21-30(36)11-3)32(38-28(6)23-29)18-12-13-19-33(41)42/h9,11,14-15,17,20-21,23,26,31H,3,6,10,12-13,16,18-19,22,24-25H2,1-2,4-5,7-8H3,(H,41,42)/b15-9-,17-14-,27-20+,29-23+,30-21+,37-34?,38-32?. The molecule has 1 amide bonds. The van der Waals surface area contributed by atoms with Gasteiger partial charge in [-0.2, -0.15) is 0 Å². The number of likely N-dealkylation sites (N-methyl/N-ethyl adjacent to an activating group) is 2. The van der Waals surface area contributed by atoms with Gasteiger partial charge in [-0.1, -0.05) is 81.5 Å². The second-order valence-electron chi connectivity index (χ2n) is 11.0. The van der Waals surface area contributed by atoms with Crippen LogP contribution in [0.25, 0.3) is 0 Å². The normalized spacial score (nSPS) is 18.4. The molecule has 0 saturated carbocycles. The summed E-state index contributed by atoms with van der Waals surface area (Å²) in [7, 11) is 3.97. The predicted molar refractivity (Wildman–Crippen MR) is 183 cm³/mol. The highest BCUT2D eigenvalue weighted by atomic mass is 35.5. The quantitative estimate of drug-likeness (QED) is 0.105. The second kappa shape index (κ2) is 20.6. The van der Waals surface area contributed by atoms with E-state index in [0.29, 0.717) is 59.5 Å². The van der Waals surface area contributed by atoms with E-state index in [4.69, 9.17) is 26.7 Å². The van der Waals surface area contributed by atoms with Crippen molar-refractivity contribution < 1.29 is 14.7 Å². The largest absolute Gasteiger partial charge is 0.481 e. The van der Waals surface area contributed by atoms with E-state index >= 15 is 0 Å². The zero-order chi connectivity index (χ0) is 32.4. The van der Waals surface area contributed by atoms with Crippen molar-refractivity contribution in [3.63, 3.8) is 0 Å². The van der Waals surface area contributed by atoms with Crippen LogP contribution in [0.4, 0.5) is 0 Å². The Labute approximate surface area is 264 Å². The van der Waals surface area contributed by atoms with E-state index in [1.54, 1.807) is 24.3 Å². The number of aliphatic carboxylic acids is 1. The summed E-state index contributed by atoms with van der Waals surface area (Å²) in [5, 5.41) is 9.57. The summed E-state index contributed by atoms with van der Waals surface area (Å²) in [6, 6.07) is 0.0550. The monoisotopic (exact) mass is 610 g/mol. The number of hydrogen-bond acceptors (Lipinski definition) is 5. The van der Waals surface area contributed by atoms with E-state index in [0.717, 1.165) is 31.5 Å². The van der Waals surface area contributed by atoms with E-state index in [-0.39, 0.29) is 18.4 Å². The van der Waals surface area contributed by atoms with Crippen molar-refractivity contribution >= 4 is 34.9 Å². The molecular formula is C35H51ClN4O3. The zero-order valence-corrected chi connectivity index (χ0v) is 27.7. The number of amides is 1. The zero-order valence-electron chi connectivity index (χ0n) is 27.0. The van der Waals surface area contributed by atoms with Gasteiger partial charge in [0, 0.05) is 43.2 Å². The number of carbonyl (C=O) groups is 2. The average Bonchev–Trinajstić information content (AvgIpc) is 2.95. The molecule has 0 saturated heterocycles. The van der Waals surface area contributed by atoms with Gasteiger partial charge in [-0.05, 0) is 70.2 Å². The number of unbranched alkanes of at least 4 members (excludes halogenated alkanes) is 1. The number of carboxylic acid groups (broad SMARTS) is 1. The van der Waals surface area contributed by atoms with E-state index in [2.05, 4.69) is 51.1 Å². The summed E-state index contributed by atoms with van der Waals surface area (Å²) >= 11 is 6.12. The summed E-state index contributed by atoms with van der Waals surface area (Å²) < 4.78 is 0. The number of nitrogens with zero attached hydrogens (tertiary/aromatic N) is 4. The lowest BCUT2D eigenvalue weighted by Crippen LogP contribution is -2.45. The van der Waals surface area contributed by atoms with Crippen molar-refractivity contribution in [1.29, 1.82) is 0 Å². The molecule has 7 nitrogen and oxygen atoms in total. The SMILES string of the molecule is C=C/C(Cl)=C\C=C(/C)C1=NC/C=C\C(C(=O)N(C)C(CCC)CN(C)CC(C)/C=C\C)=C/C(=C)N=C1CCCCC(=O)O. The Morgan fingerprint density at radius 3 is 2.56 bits per heavy atom. The van der Waals surface area contributed by atoms with E-state index < -0.39 is 5.97 Å². The fraction of sp³-hybridized carbons (Fsp3) is 0.486. The van der Waals surface area contributed by atoms with Crippen molar-refractivity contribution in [3.05, 3.63) is 83.6 Å². The van der Waals surface area contributed by atoms with E-state index in [1.807, 2.05) is 37.9 Å². The first-order valence-electron chi connectivity index (χ1n) is 15.1. The van der Waals surface area contributed by atoms with Gasteiger partial charge in [0.2, 0.25) is 0 Å². The molecule has 0 bridgehead atoms. The van der Waals surface area contributed by atoms with Crippen LogP contribution in [0.5, 0.6) is 0 Å². The van der Waals surface area contributed by atoms with Crippen LogP contribution >= 0.6 is 11.6 Å². The molecule has 1 aliphatic rings. The van der Waals surface area contributed by atoms with Crippen molar-refractivity contribution in [1.82, 2.24) is 9.80 Å². The summed E-state index contributed by atoms with van der Waals surface area (Å²) in [4.78, 5) is 38.6. The minimum atomic E-state index is -0.827. The number of aliphatic imine (C=N–C) groups is 2. The number of carbonyl (C=O) groups excluding carboxylic acids is 1. The maximum Gasteiger partial charge on any atom is 0.303 e. The number of rotatable bonds is 17. The molecule has 0 aromatic heterocycles. The molecular weight excluding hydrogens is 560 g/mol. The minimum absolute atomic E-state index is 0.0550. The smallest absolute Gasteiger partial charge is 0.303 e. The third kappa shape index (κ3) is 14.6.